The SMILES string of the molecule is SC1CCNC=N1. The second kappa shape index (κ2) is 2.21. The number of aliphatic imine (C=N–C) groups is 1. The lowest BCUT2D eigenvalue weighted by Crippen LogP contribution is -2.21. The molecule has 0 fully saturated rings. The normalized spacial score (nSPS) is 29.6. The van der Waals surface area contributed by atoms with Crippen LogP contribution in [-0.2, 0) is 0 Å². The summed E-state index contributed by atoms with van der Waals surface area (Å²) in [6.07, 6.45) is 2.75. The molecule has 1 aliphatic heterocycles. The Morgan fingerprint density at radius 2 is 2.71 bits per heavy atom. The Labute approximate surface area is 48.4 Å². The Bertz CT molecular complexity index is 81.8. The second-order valence-corrected chi connectivity index (χ2v) is 2.10. The van der Waals surface area contributed by atoms with E-state index >= 15 is 0 Å². The molecule has 0 saturated heterocycles. The van der Waals surface area contributed by atoms with Crippen molar-refractivity contribution in [3.05, 3.63) is 0 Å². The highest BCUT2D eigenvalue weighted by atomic mass is 32.1. The van der Waals surface area contributed by atoms with Gasteiger partial charge in [-0.2, -0.15) is 12.6 Å². The molecule has 0 aliphatic carbocycles. The number of thiol groups is 1. The zero-order valence-electron chi connectivity index (χ0n) is 3.96. The molecular formula is C4H8N2S. The second-order valence-electron chi connectivity index (χ2n) is 1.50. The van der Waals surface area contributed by atoms with Crippen molar-refractivity contribution in [3.63, 3.8) is 0 Å². The quantitative estimate of drug-likeness (QED) is 0.436. The minimum absolute atomic E-state index is 0.237. The Morgan fingerprint density at radius 1 is 1.86 bits per heavy atom. The lowest BCUT2D eigenvalue weighted by Gasteiger charge is -2.09. The zero-order valence-corrected chi connectivity index (χ0v) is 4.86. The molecule has 0 spiro atoms. The van der Waals surface area contributed by atoms with E-state index in [0.717, 1.165) is 13.0 Å². The van der Waals surface area contributed by atoms with Gasteiger partial charge in [-0.3, -0.25) is 4.99 Å². The third-order valence-electron chi connectivity index (χ3n) is 0.885. The Hall–Kier alpha value is -0.180. The average Bonchev–Trinajstić information content (AvgIpc) is 1.69. The van der Waals surface area contributed by atoms with Crippen LogP contribution in [0.1, 0.15) is 6.42 Å². The van der Waals surface area contributed by atoms with Crippen LogP contribution in [0.3, 0.4) is 0 Å². The fraction of sp³-hybridized carbons (Fsp3) is 0.750. The number of nitrogens with zero attached hydrogens (tertiary/aromatic N) is 1. The van der Waals surface area contributed by atoms with E-state index in [4.69, 9.17) is 0 Å². The summed E-state index contributed by atoms with van der Waals surface area (Å²) in [7, 11) is 0. The van der Waals surface area contributed by atoms with Gasteiger partial charge in [0.05, 0.1) is 11.7 Å². The monoisotopic (exact) mass is 116 g/mol. The molecule has 1 unspecified atom stereocenters. The molecule has 1 atom stereocenters. The number of nitrogens with one attached hydrogen (secondary N) is 1. The van der Waals surface area contributed by atoms with Crippen LogP contribution >= 0.6 is 12.6 Å². The van der Waals surface area contributed by atoms with E-state index < -0.39 is 0 Å². The maximum absolute atomic E-state index is 4.12. The van der Waals surface area contributed by atoms with Crippen molar-refractivity contribution >= 4 is 19.0 Å². The number of hydrogen-bond acceptors (Lipinski definition) is 3. The molecule has 7 heavy (non-hydrogen) atoms. The van der Waals surface area contributed by atoms with Gasteiger partial charge in [-0.15, -0.1) is 0 Å². The van der Waals surface area contributed by atoms with Crippen LogP contribution in [0.2, 0.25) is 0 Å². The van der Waals surface area contributed by atoms with Crippen LogP contribution in [0.4, 0.5) is 0 Å². The number of hydrogen-bond donors (Lipinski definition) is 2. The molecule has 0 saturated carbocycles. The standard InChI is InChI=1S/C4H8N2S/c7-4-1-2-5-3-6-4/h3-4,7H,1-2H2,(H,5,6). The van der Waals surface area contributed by atoms with E-state index in [1.54, 1.807) is 6.34 Å². The van der Waals surface area contributed by atoms with Crippen molar-refractivity contribution in [2.45, 2.75) is 11.8 Å². The lowest BCUT2D eigenvalue weighted by atomic mass is 10.4. The molecule has 1 N–H and O–H groups in total. The van der Waals surface area contributed by atoms with Crippen LogP contribution in [0, 0.1) is 0 Å². The Morgan fingerprint density at radius 3 is 3.00 bits per heavy atom. The summed E-state index contributed by atoms with van der Waals surface area (Å²) in [5.74, 6) is 0. The van der Waals surface area contributed by atoms with Gasteiger partial charge in [0.25, 0.3) is 0 Å². The summed E-state index contributed by atoms with van der Waals surface area (Å²) in [6, 6.07) is 0. The third-order valence-corrected chi connectivity index (χ3v) is 1.28. The summed E-state index contributed by atoms with van der Waals surface area (Å²) in [4.78, 5) is 3.96. The lowest BCUT2D eigenvalue weighted by molar-refractivity contribution is 0.724. The minimum atomic E-state index is 0.237. The van der Waals surface area contributed by atoms with Crippen molar-refractivity contribution in [2.75, 3.05) is 6.54 Å². The summed E-state index contributed by atoms with van der Waals surface area (Å²) in [5, 5.41) is 3.21. The molecule has 1 aliphatic rings. The number of rotatable bonds is 0. The van der Waals surface area contributed by atoms with E-state index in [0.29, 0.717) is 0 Å². The summed E-state index contributed by atoms with van der Waals surface area (Å²) < 4.78 is 0. The van der Waals surface area contributed by atoms with Gasteiger partial charge in [0.15, 0.2) is 0 Å². The molecule has 0 bridgehead atoms. The molecular weight excluding hydrogens is 108 g/mol. The van der Waals surface area contributed by atoms with E-state index in [1.165, 1.54) is 0 Å². The molecule has 3 heteroatoms. The molecule has 1 heterocycles. The van der Waals surface area contributed by atoms with Crippen molar-refractivity contribution in [1.82, 2.24) is 5.32 Å². The van der Waals surface area contributed by atoms with Crippen molar-refractivity contribution in [1.29, 1.82) is 0 Å². The van der Waals surface area contributed by atoms with E-state index in [9.17, 15) is 0 Å². The zero-order chi connectivity index (χ0) is 5.11. The maximum atomic E-state index is 4.12. The Balaban J connectivity index is 2.36. The first-order valence-electron chi connectivity index (χ1n) is 2.33. The van der Waals surface area contributed by atoms with Gasteiger partial charge in [0.2, 0.25) is 0 Å². The first-order chi connectivity index (χ1) is 3.39. The van der Waals surface area contributed by atoms with Gasteiger partial charge in [0, 0.05) is 6.54 Å². The highest BCUT2D eigenvalue weighted by Gasteiger charge is 1.99. The van der Waals surface area contributed by atoms with Crippen molar-refractivity contribution in [2.24, 2.45) is 4.99 Å². The van der Waals surface area contributed by atoms with Crippen molar-refractivity contribution in [3.8, 4) is 0 Å². The topological polar surface area (TPSA) is 24.4 Å². The summed E-state index contributed by atoms with van der Waals surface area (Å²) in [6.45, 7) is 1.01. The highest BCUT2D eigenvalue weighted by molar-refractivity contribution is 7.80. The molecule has 40 valence electrons. The molecule has 0 aromatic rings. The highest BCUT2D eigenvalue weighted by Crippen LogP contribution is 2.02. The van der Waals surface area contributed by atoms with Gasteiger partial charge in [0.1, 0.15) is 0 Å². The van der Waals surface area contributed by atoms with Crippen LogP contribution in [0.25, 0.3) is 0 Å². The smallest absolute Gasteiger partial charge is 0.0957 e. The first kappa shape index (κ1) is 4.97. The molecule has 0 amide bonds. The maximum Gasteiger partial charge on any atom is 0.0957 e. The molecule has 1 rings (SSSR count). The van der Waals surface area contributed by atoms with Crippen molar-refractivity contribution < 1.29 is 0 Å². The van der Waals surface area contributed by atoms with Crippen LogP contribution in [0.5, 0.6) is 0 Å². The fourth-order valence-electron chi connectivity index (χ4n) is 0.490. The molecule has 2 nitrogen and oxygen atoms in total. The van der Waals surface area contributed by atoms with E-state index in [-0.39, 0.29) is 5.37 Å². The Kier molecular flexibility index (Phi) is 1.57. The van der Waals surface area contributed by atoms with E-state index in [2.05, 4.69) is 22.9 Å². The van der Waals surface area contributed by atoms with Gasteiger partial charge < -0.3 is 5.32 Å². The average molecular weight is 116 g/mol. The molecule has 0 radical (unpaired) electrons. The van der Waals surface area contributed by atoms with Gasteiger partial charge in [-0.05, 0) is 6.42 Å². The van der Waals surface area contributed by atoms with E-state index in [1.807, 2.05) is 0 Å². The van der Waals surface area contributed by atoms with Gasteiger partial charge in [-0.25, -0.2) is 0 Å². The van der Waals surface area contributed by atoms with Gasteiger partial charge in [-0.1, -0.05) is 0 Å². The predicted molar refractivity (Wildman–Crippen MR) is 33.9 cm³/mol. The molecule has 0 aromatic carbocycles. The van der Waals surface area contributed by atoms with Gasteiger partial charge >= 0.3 is 0 Å². The van der Waals surface area contributed by atoms with Crippen LogP contribution in [0.15, 0.2) is 4.99 Å². The van der Waals surface area contributed by atoms with Crippen LogP contribution in [-0.4, -0.2) is 18.3 Å². The van der Waals surface area contributed by atoms with Crippen LogP contribution < -0.4 is 5.32 Å². The summed E-state index contributed by atoms with van der Waals surface area (Å²) >= 11 is 4.12. The molecule has 0 aromatic heterocycles. The minimum Gasteiger partial charge on any atom is -0.376 e. The third kappa shape index (κ3) is 1.39. The first-order valence-corrected chi connectivity index (χ1v) is 2.84. The predicted octanol–water partition coefficient (Wildman–Crippen LogP) is 0.264. The summed E-state index contributed by atoms with van der Waals surface area (Å²) in [5.41, 5.74) is 0. The largest absolute Gasteiger partial charge is 0.376 e. The fourth-order valence-corrected chi connectivity index (χ4v) is 0.686.